The van der Waals surface area contributed by atoms with Gasteiger partial charge in [-0.3, -0.25) is 4.79 Å². The van der Waals surface area contributed by atoms with E-state index in [4.69, 9.17) is 9.76 Å². The molecule has 3 unspecified atom stereocenters. The fourth-order valence-electron chi connectivity index (χ4n) is 1.43. The molecule has 12 heavy (non-hydrogen) atoms. The molecule has 0 bridgehead atoms. The highest BCUT2D eigenvalue weighted by atomic mass is 16.5. The number of hydrogen-bond donors (Lipinski definition) is 2. The molecule has 1 aliphatic rings. The van der Waals surface area contributed by atoms with Crippen molar-refractivity contribution in [1.29, 1.82) is 0 Å². The number of rotatable bonds is 2. The molecule has 3 atom stereocenters. The van der Waals surface area contributed by atoms with Crippen LogP contribution in [0.4, 0.5) is 0 Å². The Kier molecular flexibility index (Phi) is 2.74. The van der Waals surface area contributed by atoms with Crippen LogP contribution in [-0.4, -0.2) is 29.3 Å². The van der Waals surface area contributed by atoms with Crippen LogP contribution in [-0.2, 0) is 9.45 Å². The van der Waals surface area contributed by atoms with Crippen LogP contribution in [0.3, 0.4) is 0 Å². The van der Waals surface area contributed by atoms with Gasteiger partial charge in [0.1, 0.15) is 0 Å². The maximum atomic E-state index is 10.4. The Labute approximate surface area is 71.7 Å². The number of carboxylic acid groups (broad SMARTS) is 1. The van der Waals surface area contributed by atoms with Crippen molar-refractivity contribution < 1.29 is 19.6 Å². The number of aliphatic carboxylic acids is 1. The first kappa shape index (κ1) is 9.54. The fraction of sp³-hybridized carbons (Fsp3) is 0.857. The van der Waals surface area contributed by atoms with Crippen LogP contribution >= 0.6 is 0 Å². The first-order chi connectivity index (χ1) is 5.52. The van der Waals surface area contributed by atoms with Crippen molar-refractivity contribution in [3.63, 3.8) is 0 Å². The van der Waals surface area contributed by atoms with Gasteiger partial charge >= 0.3 is 13.1 Å². The Hall–Kier alpha value is -0.545. The smallest absolute Gasteiger partial charge is 0.457 e. The van der Waals surface area contributed by atoms with E-state index in [1.54, 1.807) is 0 Å². The van der Waals surface area contributed by atoms with E-state index in [9.17, 15) is 9.82 Å². The number of hydrogen-bond acceptors (Lipinski definition) is 3. The molecule has 0 aromatic carbocycles. The van der Waals surface area contributed by atoms with E-state index in [0.29, 0.717) is 0 Å². The average molecular weight is 172 g/mol. The maximum absolute atomic E-state index is 10.4. The zero-order chi connectivity index (χ0) is 9.30. The van der Waals surface area contributed by atoms with Crippen molar-refractivity contribution in [1.82, 2.24) is 0 Å². The van der Waals surface area contributed by atoms with Crippen molar-refractivity contribution in [2.24, 2.45) is 5.92 Å². The molecule has 0 aromatic heterocycles. The summed E-state index contributed by atoms with van der Waals surface area (Å²) in [6.45, 7) is 3.76. The molecular weight excluding hydrogens is 159 g/mol. The van der Waals surface area contributed by atoms with Gasteiger partial charge in [0.05, 0.1) is 12.5 Å². The van der Waals surface area contributed by atoms with Gasteiger partial charge in [-0.25, -0.2) is 0 Å². The topological polar surface area (TPSA) is 66.8 Å². The molecule has 4 nitrogen and oxygen atoms in total. The van der Waals surface area contributed by atoms with Crippen molar-refractivity contribution in [3.8, 4) is 0 Å². The molecule has 0 amide bonds. The SMILES string of the molecule is CC1B(O)OC(CC(=O)O)C1C. The van der Waals surface area contributed by atoms with Crippen molar-refractivity contribution >= 4 is 13.1 Å². The summed E-state index contributed by atoms with van der Waals surface area (Å²) in [5, 5.41) is 17.7. The third-order valence-electron chi connectivity index (χ3n) is 2.56. The van der Waals surface area contributed by atoms with Crippen molar-refractivity contribution in [2.45, 2.75) is 32.2 Å². The van der Waals surface area contributed by atoms with Crippen LogP contribution < -0.4 is 0 Å². The minimum atomic E-state index is -0.881. The Morgan fingerprint density at radius 3 is 2.50 bits per heavy atom. The Bertz CT molecular complexity index is 184. The first-order valence-electron chi connectivity index (χ1n) is 4.07. The molecule has 0 aromatic rings. The lowest BCUT2D eigenvalue weighted by molar-refractivity contribution is -0.139. The molecule has 68 valence electrons. The van der Waals surface area contributed by atoms with Crippen LogP contribution in [0.15, 0.2) is 0 Å². The van der Waals surface area contributed by atoms with Crippen molar-refractivity contribution in [3.05, 3.63) is 0 Å². The van der Waals surface area contributed by atoms with Crippen LogP contribution in [0, 0.1) is 5.92 Å². The summed E-state index contributed by atoms with van der Waals surface area (Å²) in [6, 6.07) is 0. The average Bonchev–Trinajstić information content (AvgIpc) is 2.17. The molecule has 1 aliphatic heterocycles. The standard InChI is InChI=1S/C7H13BO4/c1-4-5(2)8(11)12-6(4)3-7(9)10/h4-6,11H,3H2,1-2H3,(H,9,10). The molecule has 1 fully saturated rings. The van der Waals surface area contributed by atoms with E-state index in [-0.39, 0.29) is 24.3 Å². The van der Waals surface area contributed by atoms with E-state index in [1.807, 2.05) is 13.8 Å². The molecule has 0 saturated carbocycles. The van der Waals surface area contributed by atoms with E-state index >= 15 is 0 Å². The largest absolute Gasteiger partial charge is 0.481 e. The van der Waals surface area contributed by atoms with Crippen LogP contribution in [0.1, 0.15) is 20.3 Å². The highest BCUT2D eigenvalue weighted by molar-refractivity contribution is 6.45. The van der Waals surface area contributed by atoms with Gasteiger partial charge in [-0.05, 0) is 11.7 Å². The molecule has 0 aliphatic carbocycles. The third-order valence-corrected chi connectivity index (χ3v) is 2.56. The molecular formula is C7H13BO4. The fourth-order valence-corrected chi connectivity index (χ4v) is 1.43. The summed E-state index contributed by atoms with van der Waals surface area (Å²) in [4.78, 5) is 10.4. The van der Waals surface area contributed by atoms with Gasteiger partial charge in [0, 0.05) is 0 Å². The minimum absolute atomic E-state index is 0.0225. The summed E-state index contributed by atoms with van der Waals surface area (Å²) in [6.07, 6.45) is -0.366. The van der Waals surface area contributed by atoms with Gasteiger partial charge in [-0.1, -0.05) is 13.8 Å². The lowest BCUT2D eigenvalue weighted by Gasteiger charge is -2.13. The molecule has 1 heterocycles. The van der Waals surface area contributed by atoms with Crippen LogP contribution in [0.25, 0.3) is 0 Å². The third kappa shape index (κ3) is 1.79. The van der Waals surface area contributed by atoms with Crippen LogP contribution in [0.2, 0.25) is 5.82 Å². The van der Waals surface area contributed by atoms with Gasteiger partial charge in [0.25, 0.3) is 0 Å². The van der Waals surface area contributed by atoms with E-state index in [1.165, 1.54) is 0 Å². The van der Waals surface area contributed by atoms with Gasteiger partial charge < -0.3 is 14.8 Å². The Morgan fingerprint density at radius 2 is 2.17 bits per heavy atom. The van der Waals surface area contributed by atoms with Gasteiger partial charge in [0.15, 0.2) is 0 Å². The summed E-state index contributed by atoms with van der Waals surface area (Å²) in [5.74, 6) is -0.751. The molecule has 1 saturated heterocycles. The summed E-state index contributed by atoms with van der Waals surface area (Å²) in [5.41, 5.74) is 0. The van der Waals surface area contributed by atoms with E-state index in [2.05, 4.69) is 0 Å². The van der Waals surface area contributed by atoms with Crippen molar-refractivity contribution in [2.75, 3.05) is 0 Å². The lowest BCUT2D eigenvalue weighted by atomic mass is 9.70. The second-order valence-corrected chi connectivity index (χ2v) is 3.38. The maximum Gasteiger partial charge on any atom is 0.457 e. The Morgan fingerprint density at radius 1 is 1.58 bits per heavy atom. The zero-order valence-corrected chi connectivity index (χ0v) is 7.23. The minimum Gasteiger partial charge on any atom is -0.481 e. The van der Waals surface area contributed by atoms with Crippen LogP contribution in [0.5, 0.6) is 0 Å². The van der Waals surface area contributed by atoms with Gasteiger partial charge in [-0.15, -0.1) is 0 Å². The zero-order valence-electron chi connectivity index (χ0n) is 7.23. The molecule has 5 heteroatoms. The lowest BCUT2D eigenvalue weighted by Crippen LogP contribution is -2.19. The molecule has 2 N–H and O–H groups in total. The first-order valence-corrected chi connectivity index (χ1v) is 4.07. The second kappa shape index (κ2) is 3.45. The van der Waals surface area contributed by atoms with Gasteiger partial charge in [0.2, 0.25) is 0 Å². The number of carboxylic acids is 1. The molecule has 0 radical (unpaired) electrons. The quantitative estimate of drug-likeness (QED) is 0.590. The summed E-state index contributed by atoms with van der Waals surface area (Å²) in [7, 11) is -0.802. The highest BCUT2D eigenvalue weighted by Gasteiger charge is 2.42. The predicted octanol–water partition coefficient (Wildman–Crippen LogP) is 0.367. The Balaban J connectivity index is 2.52. The summed E-state index contributed by atoms with van der Waals surface area (Å²) >= 11 is 0. The number of carbonyl (C=O) groups is 1. The monoisotopic (exact) mass is 172 g/mol. The second-order valence-electron chi connectivity index (χ2n) is 3.38. The molecule has 1 rings (SSSR count). The highest BCUT2D eigenvalue weighted by Crippen LogP contribution is 2.34. The van der Waals surface area contributed by atoms with E-state index < -0.39 is 13.1 Å². The van der Waals surface area contributed by atoms with E-state index in [0.717, 1.165) is 0 Å². The van der Waals surface area contributed by atoms with Gasteiger partial charge in [-0.2, -0.15) is 0 Å². The molecule has 0 spiro atoms. The normalized spacial score (nSPS) is 35.6. The summed E-state index contributed by atoms with van der Waals surface area (Å²) < 4.78 is 5.07. The predicted molar refractivity (Wildman–Crippen MR) is 43.7 cm³/mol.